The number of carbonyl (C=O) groups excluding carboxylic acids is 2. The van der Waals surface area contributed by atoms with Crippen molar-refractivity contribution in [1.82, 2.24) is 15.3 Å². The van der Waals surface area contributed by atoms with Gasteiger partial charge in [0, 0.05) is 51.6 Å². The van der Waals surface area contributed by atoms with Gasteiger partial charge in [-0.15, -0.1) is 12.4 Å². The molecule has 2 aliphatic rings. The van der Waals surface area contributed by atoms with Crippen LogP contribution in [0.5, 0.6) is 0 Å². The van der Waals surface area contributed by atoms with Gasteiger partial charge in [0.05, 0.1) is 11.4 Å². The molecule has 0 saturated carbocycles. The highest BCUT2D eigenvalue weighted by atomic mass is 35.5. The van der Waals surface area contributed by atoms with E-state index >= 15 is 0 Å². The van der Waals surface area contributed by atoms with Crippen LogP contribution in [0.4, 0.5) is 0 Å². The molecule has 0 saturated heterocycles. The molecule has 10 nitrogen and oxygen atoms in total. The molecule has 4 heterocycles. The molecule has 2 aromatic rings. The standard InChI is InChI=1S/C33H34N4O6.ClH/c1-7-20-19(6)32(42)37-27(20)14-25-18(5)23(10-12-31(40)41)29(35-25)15-28-22(9-11-30(38)39)17(4)24(34-28)13-26-16(3)21(8-2)33(43)36-26;/h7-8,13-15,34-35H,1-2,9-12H2,3-6H3,(H,37,42)(H,38,39)(H,40,41);1H/b24-13?,27-14-,28-15-;. The van der Waals surface area contributed by atoms with Gasteiger partial charge in [-0.25, -0.2) is 4.99 Å². The van der Waals surface area contributed by atoms with Crippen LogP contribution in [0.25, 0.3) is 18.2 Å². The van der Waals surface area contributed by atoms with Crippen LogP contribution in [0.15, 0.2) is 58.3 Å². The zero-order chi connectivity index (χ0) is 31.6. The first kappa shape index (κ1) is 33.5. The third-order valence-corrected chi connectivity index (χ3v) is 7.87. The van der Waals surface area contributed by atoms with E-state index in [0.717, 1.165) is 22.3 Å². The lowest BCUT2D eigenvalue weighted by atomic mass is 10.0. The van der Waals surface area contributed by atoms with Crippen molar-refractivity contribution in [3.63, 3.8) is 0 Å². The number of aromatic nitrogens is 2. The molecule has 2 aromatic heterocycles. The lowest BCUT2D eigenvalue weighted by Crippen LogP contribution is -2.15. The van der Waals surface area contributed by atoms with Gasteiger partial charge in [0.25, 0.3) is 11.8 Å². The van der Waals surface area contributed by atoms with E-state index in [-0.39, 0.29) is 49.9 Å². The first-order chi connectivity index (χ1) is 20.4. The number of nitrogens with one attached hydrogen (secondary N) is 3. The van der Waals surface area contributed by atoms with Crippen molar-refractivity contribution in [3.8, 4) is 0 Å². The summed E-state index contributed by atoms with van der Waals surface area (Å²) in [6.07, 6.45) is 8.80. The lowest BCUT2D eigenvalue weighted by Gasteiger charge is -2.02. The van der Waals surface area contributed by atoms with E-state index in [4.69, 9.17) is 0 Å². The fraction of sp³-hybridized carbons (Fsp3) is 0.242. The molecule has 4 rings (SSSR count). The lowest BCUT2D eigenvalue weighted by molar-refractivity contribution is -0.138. The maximum atomic E-state index is 12.3. The number of H-pyrrole nitrogens is 2. The zero-order valence-corrected chi connectivity index (χ0v) is 25.8. The van der Waals surface area contributed by atoms with Gasteiger partial charge in [-0.1, -0.05) is 25.3 Å². The van der Waals surface area contributed by atoms with Crippen molar-refractivity contribution in [2.24, 2.45) is 4.99 Å². The quantitative estimate of drug-likeness (QED) is 0.259. The Morgan fingerprint density at radius 3 is 1.95 bits per heavy atom. The van der Waals surface area contributed by atoms with Gasteiger partial charge in [0.1, 0.15) is 0 Å². The first-order valence-corrected chi connectivity index (χ1v) is 13.8. The minimum Gasteiger partial charge on any atom is -0.481 e. The molecule has 2 aliphatic heterocycles. The Balaban J connectivity index is 0.00000529. The van der Waals surface area contributed by atoms with E-state index in [1.54, 1.807) is 32.1 Å². The zero-order valence-electron chi connectivity index (χ0n) is 25.0. The molecular formula is C33H35ClN4O6. The van der Waals surface area contributed by atoms with E-state index in [0.29, 0.717) is 55.8 Å². The summed E-state index contributed by atoms with van der Waals surface area (Å²) in [6, 6.07) is 0. The predicted octanol–water partition coefficient (Wildman–Crippen LogP) is 3.48. The molecule has 44 heavy (non-hydrogen) atoms. The fourth-order valence-corrected chi connectivity index (χ4v) is 5.34. The van der Waals surface area contributed by atoms with Gasteiger partial charge in [-0.2, -0.15) is 0 Å². The molecule has 230 valence electrons. The fourth-order valence-electron chi connectivity index (χ4n) is 5.34. The van der Waals surface area contributed by atoms with Gasteiger partial charge >= 0.3 is 11.9 Å². The van der Waals surface area contributed by atoms with Gasteiger partial charge in [0.2, 0.25) is 0 Å². The third kappa shape index (κ3) is 6.65. The summed E-state index contributed by atoms with van der Waals surface area (Å²) in [5, 5.41) is 23.0. The number of carboxylic acid groups (broad SMARTS) is 2. The van der Waals surface area contributed by atoms with Crippen LogP contribution in [0.3, 0.4) is 0 Å². The molecule has 5 N–H and O–H groups in total. The Morgan fingerprint density at radius 2 is 1.39 bits per heavy atom. The largest absolute Gasteiger partial charge is 0.481 e. The Hall–Kier alpha value is -4.96. The predicted molar refractivity (Wildman–Crippen MR) is 172 cm³/mol. The number of rotatable bonds is 11. The molecule has 0 radical (unpaired) electrons. The average molecular weight is 619 g/mol. The molecule has 0 atom stereocenters. The summed E-state index contributed by atoms with van der Waals surface area (Å²) in [4.78, 5) is 58.4. The maximum Gasteiger partial charge on any atom is 0.303 e. The smallest absolute Gasteiger partial charge is 0.303 e. The number of hydrogen-bond donors (Lipinski definition) is 5. The van der Waals surface area contributed by atoms with E-state index in [1.165, 1.54) is 6.08 Å². The van der Waals surface area contributed by atoms with Crippen molar-refractivity contribution in [3.05, 3.63) is 97.6 Å². The van der Waals surface area contributed by atoms with Crippen molar-refractivity contribution >= 4 is 60.1 Å². The van der Waals surface area contributed by atoms with Gasteiger partial charge in [-0.3, -0.25) is 19.2 Å². The molecule has 0 spiro atoms. The molecule has 2 amide bonds. The monoisotopic (exact) mass is 618 g/mol. The minimum atomic E-state index is -0.941. The van der Waals surface area contributed by atoms with E-state index in [2.05, 4.69) is 33.4 Å². The van der Waals surface area contributed by atoms with Crippen LogP contribution < -0.4 is 16.0 Å². The van der Waals surface area contributed by atoms with Gasteiger partial charge < -0.3 is 25.5 Å². The summed E-state index contributed by atoms with van der Waals surface area (Å²) in [7, 11) is 0. The number of nitrogens with zero attached hydrogens (tertiary/aromatic N) is 1. The highest BCUT2D eigenvalue weighted by Gasteiger charge is 2.23. The van der Waals surface area contributed by atoms with Gasteiger partial charge in [0.15, 0.2) is 0 Å². The highest BCUT2D eigenvalue weighted by Crippen LogP contribution is 2.27. The second-order valence-corrected chi connectivity index (χ2v) is 10.5. The number of carboxylic acids is 2. The third-order valence-electron chi connectivity index (χ3n) is 7.87. The van der Waals surface area contributed by atoms with Crippen LogP contribution in [0, 0.1) is 13.8 Å². The average Bonchev–Trinajstić information content (AvgIpc) is 3.59. The minimum absolute atomic E-state index is 0. The Kier molecular flexibility index (Phi) is 10.3. The Labute approximate surface area is 260 Å². The highest BCUT2D eigenvalue weighted by molar-refractivity contribution is 6.31. The second-order valence-electron chi connectivity index (χ2n) is 10.5. The number of carbonyl (C=O) groups is 4. The van der Waals surface area contributed by atoms with Crippen LogP contribution in [-0.2, 0) is 32.0 Å². The normalized spacial score (nSPS) is 16.5. The number of aliphatic imine (C=N–C) groups is 1. The maximum absolute atomic E-state index is 12.3. The molecular weight excluding hydrogens is 584 g/mol. The topological polar surface area (TPSA) is 165 Å². The number of hydrogen-bond acceptors (Lipinski definition) is 4. The van der Waals surface area contributed by atoms with E-state index in [9.17, 15) is 29.4 Å². The Morgan fingerprint density at radius 1 is 0.773 bits per heavy atom. The van der Waals surface area contributed by atoms with E-state index in [1.807, 2.05) is 19.9 Å². The summed E-state index contributed by atoms with van der Waals surface area (Å²) in [5.41, 5.74) is 7.97. The van der Waals surface area contributed by atoms with E-state index < -0.39 is 11.9 Å². The summed E-state index contributed by atoms with van der Waals surface area (Å²) in [5.74, 6) is -2.46. The number of aliphatic carboxylic acids is 2. The molecule has 0 unspecified atom stereocenters. The molecule has 0 fully saturated rings. The molecule has 0 bridgehead atoms. The van der Waals surface area contributed by atoms with Crippen molar-refractivity contribution in [2.75, 3.05) is 0 Å². The van der Waals surface area contributed by atoms with Crippen LogP contribution in [-0.4, -0.2) is 49.6 Å². The van der Waals surface area contributed by atoms with Crippen LogP contribution in [0.1, 0.15) is 60.3 Å². The molecule has 0 aromatic carbocycles. The van der Waals surface area contributed by atoms with Crippen molar-refractivity contribution in [2.45, 2.75) is 53.4 Å². The Bertz CT molecular complexity index is 1860. The summed E-state index contributed by atoms with van der Waals surface area (Å²) >= 11 is 0. The molecule has 11 heteroatoms. The van der Waals surface area contributed by atoms with Gasteiger partial charge in [-0.05, 0) is 86.6 Å². The second kappa shape index (κ2) is 13.6. The first-order valence-electron chi connectivity index (χ1n) is 13.8. The number of amides is 2. The molecule has 0 aliphatic carbocycles. The van der Waals surface area contributed by atoms with Crippen molar-refractivity contribution < 1.29 is 29.4 Å². The van der Waals surface area contributed by atoms with Crippen molar-refractivity contribution in [1.29, 1.82) is 0 Å². The summed E-state index contributed by atoms with van der Waals surface area (Å²) in [6.45, 7) is 14.8. The van der Waals surface area contributed by atoms with Crippen LogP contribution in [0.2, 0.25) is 0 Å². The number of allylic oxidation sites excluding steroid dienone is 2. The SMILES string of the molecule is C=CC1=C(C)C(C=c2[nH]/c(=C\c3[nH]c(/C=C4\NC(=O)C(C)=C4C=C)c(C)c3CCC(=O)O)c(CCC(=O)O)c2C)=NC1=O.Cl. The number of aromatic amines is 2. The van der Waals surface area contributed by atoms with Crippen LogP contribution >= 0.6 is 12.4 Å². The summed E-state index contributed by atoms with van der Waals surface area (Å²) < 4.78 is 0. The number of halogens is 1.